The molecule has 1 saturated heterocycles. The van der Waals surface area contributed by atoms with Crippen LogP contribution in [-0.4, -0.2) is 53.3 Å². The van der Waals surface area contributed by atoms with E-state index in [1.165, 1.54) is 6.92 Å². The van der Waals surface area contributed by atoms with Gasteiger partial charge in [-0.2, -0.15) is 0 Å². The third-order valence-corrected chi connectivity index (χ3v) is 2.42. The van der Waals surface area contributed by atoms with Crippen molar-refractivity contribution in [1.29, 1.82) is 0 Å². The van der Waals surface area contributed by atoms with Crippen molar-refractivity contribution in [3.05, 3.63) is 0 Å². The Bertz CT molecular complexity index is 272. The van der Waals surface area contributed by atoms with Gasteiger partial charge in [0.25, 0.3) is 0 Å². The average molecular weight is 230 g/mol. The maximum atomic E-state index is 11.7. The molecular formula is C10H18N2O4. The van der Waals surface area contributed by atoms with Crippen LogP contribution < -0.4 is 5.32 Å². The van der Waals surface area contributed by atoms with Gasteiger partial charge in [-0.1, -0.05) is 0 Å². The van der Waals surface area contributed by atoms with Gasteiger partial charge >= 0.3 is 12.0 Å². The number of morpholine rings is 1. The first kappa shape index (κ1) is 12.8. The molecule has 0 radical (unpaired) electrons. The van der Waals surface area contributed by atoms with Gasteiger partial charge < -0.3 is 20.1 Å². The first-order valence-corrected chi connectivity index (χ1v) is 5.34. The minimum Gasteiger partial charge on any atom is -0.480 e. The molecule has 2 amide bonds. The van der Waals surface area contributed by atoms with Crippen LogP contribution >= 0.6 is 0 Å². The lowest BCUT2D eigenvalue weighted by molar-refractivity contribution is -0.138. The topological polar surface area (TPSA) is 78.9 Å². The van der Waals surface area contributed by atoms with Crippen LogP contribution in [0.1, 0.15) is 20.8 Å². The molecule has 0 bridgehead atoms. The summed E-state index contributed by atoms with van der Waals surface area (Å²) in [5.41, 5.74) is 0. The van der Waals surface area contributed by atoms with Crippen molar-refractivity contribution >= 4 is 12.0 Å². The monoisotopic (exact) mass is 230 g/mol. The number of rotatable bonds is 2. The number of hydrogen-bond acceptors (Lipinski definition) is 3. The van der Waals surface area contributed by atoms with E-state index in [0.717, 1.165) is 0 Å². The van der Waals surface area contributed by atoms with E-state index in [2.05, 4.69) is 5.32 Å². The van der Waals surface area contributed by atoms with Crippen LogP contribution in [-0.2, 0) is 9.53 Å². The molecule has 6 nitrogen and oxygen atoms in total. The predicted octanol–water partition coefficient (Wildman–Crippen LogP) is 0.278. The Hall–Kier alpha value is -1.30. The second-order valence-electron chi connectivity index (χ2n) is 4.17. The third kappa shape index (κ3) is 3.37. The lowest BCUT2D eigenvalue weighted by atomic mass is 10.2. The van der Waals surface area contributed by atoms with E-state index in [9.17, 15) is 9.59 Å². The highest BCUT2D eigenvalue weighted by molar-refractivity contribution is 5.82. The molecule has 0 saturated carbocycles. The molecule has 3 unspecified atom stereocenters. The van der Waals surface area contributed by atoms with Crippen LogP contribution in [0.4, 0.5) is 4.79 Å². The molecule has 1 fully saturated rings. The Balaban J connectivity index is 2.50. The van der Waals surface area contributed by atoms with E-state index < -0.39 is 12.0 Å². The molecule has 0 aromatic rings. The summed E-state index contributed by atoms with van der Waals surface area (Å²) in [5.74, 6) is -1.04. The van der Waals surface area contributed by atoms with Crippen molar-refractivity contribution < 1.29 is 19.4 Å². The molecule has 0 aliphatic carbocycles. The third-order valence-electron chi connectivity index (χ3n) is 2.42. The fourth-order valence-electron chi connectivity index (χ4n) is 1.68. The Kier molecular flexibility index (Phi) is 4.12. The van der Waals surface area contributed by atoms with Gasteiger partial charge in [-0.05, 0) is 20.8 Å². The molecule has 92 valence electrons. The molecule has 3 atom stereocenters. The quantitative estimate of drug-likeness (QED) is 0.714. The molecule has 1 aliphatic rings. The zero-order valence-corrected chi connectivity index (χ0v) is 9.77. The minimum atomic E-state index is -1.04. The number of nitrogens with zero attached hydrogens (tertiary/aromatic N) is 1. The van der Waals surface area contributed by atoms with Gasteiger partial charge in [-0.15, -0.1) is 0 Å². The normalized spacial score (nSPS) is 27.3. The number of carbonyl (C=O) groups is 2. The number of carboxylic acid groups (broad SMARTS) is 1. The van der Waals surface area contributed by atoms with Gasteiger partial charge in [0.2, 0.25) is 0 Å². The Morgan fingerprint density at radius 3 is 2.31 bits per heavy atom. The molecular weight excluding hydrogens is 212 g/mol. The van der Waals surface area contributed by atoms with Crippen LogP contribution in [0.3, 0.4) is 0 Å². The smallest absolute Gasteiger partial charge is 0.325 e. The maximum Gasteiger partial charge on any atom is 0.325 e. The second kappa shape index (κ2) is 5.16. The number of amides is 2. The Morgan fingerprint density at radius 2 is 1.88 bits per heavy atom. The molecule has 0 aromatic heterocycles. The molecule has 0 spiro atoms. The van der Waals surface area contributed by atoms with E-state index in [4.69, 9.17) is 9.84 Å². The lowest BCUT2D eigenvalue weighted by Crippen LogP contribution is -2.54. The molecule has 16 heavy (non-hydrogen) atoms. The molecule has 6 heteroatoms. The fourth-order valence-corrected chi connectivity index (χ4v) is 1.68. The summed E-state index contributed by atoms with van der Waals surface area (Å²) < 4.78 is 5.48. The number of ether oxygens (including phenoxy) is 1. The van der Waals surface area contributed by atoms with E-state index >= 15 is 0 Å². The molecule has 1 heterocycles. The van der Waals surface area contributed by atoms with E-state index in [1.54, 1.807) is 4.90 Å². The largest absolute Gasteiger partial charge is 0.480 e. The standard InChI is InChI=1S/C10H18N2O4/c1-6-4-12(5-7(2)16-6)10(15)11-8(3)9(13)14/h6-8H,4-5H2,1-3H3,(H,11,15)(H,13,14). The zero-order valence-electron chi connectivity index (χ0n) is 9.77. The average Bonchev–Trinajstić information content (AvgIpc) is 2.15. The summed E-state index contributed by atoms with van der Waals surface area (Å²) in [4.78, 5) is 23.9. The van der Waals surface area contributed by atoms with Crippen LogP contribution in [0.25, 0.3) is 0 Å². The second-order valence-corrected chi connectivity index (χ2v) is 4.17. The highest BCUT2D eigenvalue weighted by Gasteiger charge is 2.27. The maximum absolute atomic E-state index is 11.7. The molecule has 0 aromatic carbocycles. The molecule has 2 N–H and O–H groups in total. The summed E-state index contributed by atoms with van der Waals surface area (Å²) >= 11 is 0. The zero-order chi connectivity index (χ0) is 12.3. The van der Waals surface area contributed by atoms with Crippen molar-refractivity contribution in [2.24, 2.45) is 0 Å². The van der Waals surface area contributed by atoms with Gasteiger partial charge in [-0.3, -0.25) is 4.79 Å². The van der Waals surface area contributed by atoms with Gasteiger partial charge in [0.15, 0.2) is 0 Å². The van der Waals surface area contributed by atoms with Crippen LogP contribution in [0.2, 0.25) is 0 Å². The SMILES string of the molecule is CC1CN(C(=O)NC(C)C(=O)O)CC(C)O1. The Morgan fingerprint density at radius 1 is 1.38 bits per heavy atom. The van der Waals surface area contributed by atoms with Crippen LogP contribution in [0, 0.1) is 0 Å². The summed E-state index contributed by atoms with van der Waals surface area (Å²) in [6, 6.07) is -1.22. The van der Waals surface area contributed by atoms with E-state index in [-0.39, 0.29) is 18.2 Å². The number of aliphatic carboxylic acids is 1. The van der Waals surface area contributed by atoms with Crippen molar-refractivity contribution in [3.63, 3.8) is 0 Å². The molecule has 1 aliphatic heterocycles. The van der Waals surface area contributed by atoms with E-state index in [1.807, 2.05) is 13.8 Å². The number of carbonyl (C=O) groups excluding carboxylic acids is 1. The summed E-state index contributed by atoms with van der Waals surface area (Å²) in [6.45, 7) is 6.19. The van der Waals surface area contributed by atoms with Gasteiger partial charge in [0.05, 0.1) is 12.2 Å². The number of urea groups is 1. The van der Waals surface area contributed by atoms with Crippen molar-refractivity contribution in [3.8, 4) is 0 Å². The van der Waals surface area contributed by atoms with E-state index in [0.29, 0.717) is 13.1 Å². The predicted molar refractivity (Wildman–Crippen MR) is 57.2 cm³/mol. The van der Waals surface area contributed by atoms with Gasteiger partial charge in [0.1, 0.15) is 6.04 Å². The summed E-state index contributed by atoms with van der Waals surface area (Å²) in [7, 11) is 0. The first-order valence-electron chi connectivity index (χ1n) is 5.34. The highest BCUT2D eigenvalue weighted by Crippen LogP contribution is 2.10. The fraction of sp³-hybridized carbons (Fsp3) is 0.800. The number of nitrogens with one attached hydrogen (secondary N) is 1. The number of hydrogen-bond donors (Lipinski definition) is 2. The highest BCUT2D eigenvalue weighted by atomic mass is 16.5. The van der Waals surface area contributed by atoms with Crippen molar-refractivity contribution in [2.75, 3.05) is 13.1 Å². The van der Waals surface area contributed by atoms with Crippen molar-refractivity contribution in [2.45, 2.75) is 39.0 Å². The number of carboxylic acids is 1. The van der Waals surface area contributed by atoms with Crippen molar-refractivity contribution in [1.82, 2.24) is 10.2 Å². The lowest BCUT2D eigenvalue weighted by Gasteiger charge is -2.35. The minimum absolute atomic E-state index is 0.0189. The first-order chi connectivity index (χ1) is 7.40. The summed E-state index contributed by atoms with van der Waals surface area (Å²) in [6.07, 6.45) is -0.0377. The Labute approximate surface area is 94.6 Å². The van der Waals surface area contributed by atoms with Crippen LogP contribution in [0.15, 0.2) is 0 Å². The molecule has 1 rings (SSSR count). The van der Waals surface area contributed by atoms with Gasteiger partial charge in [-0.25, -0.2) is 4.79 Å². The van der Waals surface area contributed by atoms with Gasteiger partial charge in [0, 0.05) is 13.1 Å². The van der Waals surface area contributed by atoms with Crippen LogP contribution in [0.5, 0.6) is 0 Å². The summed E-state index contributed by atoms with van der Waals surface area (Å²) in [5, 5.41) is 11.1.